The molecule has 0 aliphatic carbocycles. The minimum absolute atomic E-state index is 0.0483. The zero-order valence-electron chi connectivity index (χ0n) is 12.1. The number of para-hydroxylation sites is 2. The van der Waals surface area contributed by atoms with Crippen molar-refractivity contribution in [3.05, 3.63) is 53.6 Å². The van der Waals surface area contributed by atoms with Crippen LogP contribution in [-0.2, 0) is 6.42 Å². The average Bonchev–Trinajstić information content (AvgIpc) is 3.00. The van der Waals surface area contributed by atoms with Crippen LogP contribution in [0.25, 0.3) is 0 Å². The topological polar surface area (TPSA) is 56.5 Å². The van der Waals surface area contributed by atoms with E-state index in [0.717, 1.165) is 30.2 Å². The van der Waals surface area contributed by atoms with Gasteiger partial charge in [0.2, 0.25) is 0 Å². The Balaban J connectivity index is 1.85. The molecule has 2 aromatic carbocycles. The van der Waals surface area contributed by atoms with Gasteiger partial charge in [-0.2, -0.15) is 0 Å². The third kappa shape index (κ3) is 2.81. The molecule has 1 unspecified atom stereocenters. The predicted octanol–water partition coefficient (Wildman–Crippen LogP) is 2.74. The molecule has 3 N–H and O–H groups in total. The van der Waals surface area contributed by atoms with Gasteiger partial charge in [-0.25, -0.2) is 0 Å². The van der Waals surface area contributed by atoms with Gasteiger partial charge in [-0.05, 0) is 35.4 Å². The highest BCUT2D eigenvalue weighted by Gasteiger charge is 2.17. The van der Waals surface area contributed by atoms with Crippen molar-refractivity contribution in [3.8, 4) is 11.5 Å². The van der Waals surface area contributed by atoms with E-state index in [4.69, 9.17) is 15.2 Å². The maximum absolute atomic E-state index is 5.95. The number of nitrogens with two attached hydrogens (primary N) is 1. The molecular weight excluding hydrogens is 264 g/mol. The van der Waals surface area contributed by atoms with Crippen LogP contribution in [0.4, 0.5) is 5.69 Å². The Hall–Kier alpha value is -2.20. The van der Waals surface area contributed by atoms with E-state index in [9.17, 15) is 0 Å². The fourth-order valence-corrected chi connectivity index (χ4v) is 2.65. The molecule has 0 saturated heterocycles. The molecule has 4 heteroatoms. The standard InChI is InChI=1S/C17H20N2O2/c1-20-17-5-3-2-4-14(17)19-15(11-18)12-6-7-16-13(10-12)8-9-21-16/h2-7,10,15,19H,8-9,11,18H2,1H3. The minimum Gasteiger partial charge on any atom is -0.495 e. The molecule has 0 saturated carbocycles. The van der Waals surface area contributed by atoms with Gasteiger partial charge < -0.3 is 20.5 Å². The Morgan fingerprint density at radius 2 is 2.14 bits per heavy atom. The first kappa shape index (κ1) is 13.8. The second-order valence-electron chi connectivity index (χ2n) is 5.10. The Morgan fingerprint density at radius 1 is 1.29 bits per heavy atom. The normalized spacial score (nSPS) is 14.2. The molecule has 2 aromatic rings. The zero-order chi connectivity index (χ0) is 14.7. The average molecular weight is 284 g/mol. The second kappa shape index (κ2) is 6.06. The maximum Gasteiger partial charge on any atom is 0.141 e. The summed E-state index contributed by atoms with van der Waals surface area (Å²) in [6, 6.07) is 14.2. The first-order chi connectivity index (χ1) is 10.3. The Bertz CT molecular complexity index is 628. The van der Waals surface area contributed by atoms with E-state index < -0.39 is 0 Å². The summed E-state index contributed by atoms with van der Waals surface area (Å²) < 4.78 is 10.9. The smallest absolute Gasteiger partial charge is 0.141 e. The molecule has 1 aliphatic rings. The predicted molar refractivity (Wildman–Crippen MR) is 84.1 cm³/mol. The van der Waals surface area contributed by atoms with Crippen molar-refractivity contribution in [3.63, 3.8) is 0 Å². The van der Waals surface area contributed by atoms with E-state index in [2.05, 4.69) is 17.4 Å². The van der Waals surface area contributed by atoms with Gasteiger partial charge in [-0.1, -0.05) is 18.2 Å². The maximum atomic E-state index is 5.95. The molecule has 0 radical (unpaired) electrons. The van der Waals surface area contributed by atoms with Gasteiger partial charge in [0.25, 0.3) is 0 Å². The molecule has 0 fully saturated rings. The summed E-state index contributed by atoms with van der Waals surface area (Å²) in [7, 11) is 1.67. The van der Waals surface area contributed by atoms with E-state index in [0.29, 0.717) is 6.54 Å². The fraction of sp³-hybridized carbons (Fsp3) is 0.294. The van der Waals surface area contributed by atoms with Crippen LogP contribution >= 0.6 is 0 Å². The van der Waals surface area contributed by atoms with Crippen LogP contribution in [-0.4, -0.2) is 20.3 Å². The molecule has 3 rings (SSSR count). The monoisotopic (exact) mass is 284 g/mol. The minimum atomic E-state index is 0.0483. The van der Waals surface area contributed by atoms with Crippen molar-refractivity contribution >= 4 is 5.69 Å². The van der Waals surface area contributed by atoms with Gasteiger partial charge in [0.1, 0.15) is 11.5 Å². The van der Waals surface area contributed by atoms with E-state index in [-0.39, 0.29) is 6.04 Å². The van der Waals surface area contributed by atoms with Crippen LogP contribution in [0.1, 0.15) is 17.2 Å². The molecule has 0 spiro atoms. The second-order valence-corrected chi connectivity index (χ2v) is 5.10. The quantitative estimate of drug-likeness (QED) is 0.886. The molecule has 1 heterocycles. The number of fused-ring (bicyclic) bond motifs is 1. The van der Waals surface area contributed by atoms with Gasteiger partial charge >= 0.3 is 0 Å². The van der Waals surface area contributed by atoms with Crippen LogP contribution in [0, 0.1) is 0 Å². The van der Waals surface area contributed by atoms with Crippen LogP contribution in [0.15, 0.2) is 42.5 Å². The first-order valence-electron chi connectivity index (χ1n) is 7.17. The molecule has 0 amide bonds. The highest BCUT2D eigenvalue weighted by atomic mass is 16.5. The Morgan fingerprint density at radius 3 is 2.95 bits per heavy atom. The first-order valence-corrected chi connectivity index (χ1v) is 7.17. The number of rotatable bonds is 5. The van der Waals surface area contributed by atoms with Crippen LogP contribution < -0.4 is 20.5 Å². The molecule has 0 aromatic heterocycles. The van der Waals surface area contributed by atoms with Crippen molar-refractivity contribution in [2.45, 2.75) is 12.5 Å². The number of hydrogen-bond donors (Lipinski definition) is 2. The number of nitrogens with one attached hydrogen (secondary N) is 1. The van der Waals surface area contributed by atoms with Crippen LogP contribution in [0.5, 0.6) is 11.5 Å². The van der Waals surface area contributed by atoms with Gasteiger partial charge in [0.05, 0.1) is 25.4 Å². The van der Waals surface area contributed by atoms with E-state index in [1.165, 1.54) is 11.1 Å². The molecule has 4 nitrogen and oxygen atoms in total. The Kier molecular flexibility index (Phi) is 3.97. The molecular formula is C17H20N2O2. The Labute approximate surface area is 124 Å². The fourth-order valence-electron chi connectivity index (χ4n) is 2.65. The summed E-state index contributed by atoms with van der Waals surface area (Å²) in [6.45, 7) is 1.28. The largest absolute Gasteiger partial charge is 0.495 e. The van der Waals surface area contributed by atoms with Crippen LogP contribution in [0.2, 0.25) is 0 Å². The molecule has 1 atom stereocenters. The number of benzene rings is 2. The SMILES string of the molecule is COc1ccccc1NC(CN)c1ccc2c(c1)CCO2. The highest BCUT2D eigenvalue weighted by Crippen LogP contribution is 2.31. The lowest BCUT2D eigenvalue weighted by Gasteiger charge is -2.20. The summed E-state index contributed by atoms with van der Waals surface area (Å²) in [5.74, 6) is 1.81. The number of anilines is 1. The lowest BCUT2D eigenvalue weighted by Crippen LogP contribution is -2.21. The van der Waals surface area contributed by atoms with Gasteiger partial charge in [0.15, 0.2) is 0 Å². The van der Waals surface area contributed by atoms with Crippen molar-refractivity contribution < 1.29 is 9.47 Å². The number of methoxy groups -OCH3 is 1. The van der Waals surface area contributed by atoms with Crippen molar-refractivity contribution in [1.82, 2.24) is 0 Å². The van der Waals surface area contributed by atoms with Gasteiger partial charge in [-0.3, -0.25) is 0 Å². The van der Waals surface area contributed by atoms with Crippen molar-refractivity contribution in [2.24, 2.45) is 5.73 Å². The summed E-state index contributed by atoms with van der Waals surface area (Å²) in [5.41, 5.74) is 9.34. The lowest BCUT2D eigenvalue weighted by atomic mass is 10.0. The number of ether oxygens (including phenoxy) is 2. The lowest BCUT2D eigenvalue weighted by molar-refractivity contribution is 0.357. The summed E-state index contributed by atoms with van der Waals surface area (Å²) in [5, 5.41) is 3.46. The van der Waals surface area contributed by atoms with Crippen molar-refractivity contribution in [2.75, 3.05) is 25.6 Å². The highest BCUT2D eigenvalue weighted by molar-refractivity contribution is 5.57. The molecule has 0 bridgehead atoms. The third-order valence-corrected chi connectivity index (χ3v) is 3.79. The summed E-state index contributed by atoms with van der Waals surface area (Å²) >= 11 is 0. The summed E-state index contributed by atoms with van der Waals surface area (Å²) in [6.07, 6.45) is 0.967. The molecule has 1 aliphatic heterocycles. The zero-order valence-corrected chi connectivity index (χ0v) is 12.1. The number of hydrogen-bond acceptors (Lipinski definition) is 4. The van der Waals surface area contributed by atoms with E-state index in [1.807, 2.05) is 30.3 Å². The van der Waals surface area contributed by atoms with E-state index in [1.54, 1.807) is 7.11 Å². The van der Waals surface area contributed by atoms with Crippen molar-refractivity contribution in [1.29, 1.82) is 0 Å². The third-order valence-electron chi connectivity index (χ3n) is 3.79. The van der Waals surface area contributed by atoms with E-state index >= 15 is 0 Å². The van der Waals surface area contributed by atoms with Gasteiger partial charge in [0, 0.05) is 13.0 Å². The van der Waals surface area contributed by atoms with Crippen LogP contribution in [0.3, 0.4) is 0 Å². The summed E-state index contributed by atoms with van der Waals surface area (Å²) in [4.78, 5) is 0. The molecule has 21 heavy (non-hydrogen) atoms. The van der Waals surface area contributed by atoms with Gasteiger partial charge in [-0.15, -0.1) is 0 Å². The molecule has 110 valence electrons.